The van der Waals surface area contributed by atoms with Crippen LogP contribution in [0.3, 0.4) is 0 Å². The molecule has 0 bridgehead atoms. The Kier molecular flexibility index (Phi) is 5.57. The highest BCUT2D eigenvalue weighted by atomic mass is 35.5. The van der Waals surface area contributed by atoms with E-state index in [-0.39, 0.29) is 41.2 Å². The number of nitrogens with two attached hydrogens (primary N) is 1. The highest BCUT2D eigenvalue weighted by molar-refractivity contribution is 6.32. The Labute approximate surface area is 108 Å². The number of hydrogen-bond donors (Lipinski definition) is 2. The van der Waals surface area contributed by atoms with Gasteiger partial charge in [-0.3, -0.25) is 4.79 Å². The highest BCUT2D eigenvalue weighted by Gasteiger charge is 2.12. The molecule has 1 atom stereocenters. The Morgan fingerprint density at radius 1 is 1.59 bits per heavy atom. The van der Waals surface area contributed by atoms with Crippen LogP contribution in [0.4, 0.5) is 5.82 Å². The number of ether oxygens (including phenoxy) is 1. The number of aromatic nitrogens is 2. The van der Waals surface area contributed by atoms with Gasteiger partial charge in [0, 0.05) is 19.7 Å². The van der Waals surface area contributed by atoms with Gasteiger partial charge < -0.3 is 15.8 Å². The Balaban J connectivity index is 2.61. The molecular formula is C9H12Cl2N4O2. The molecule has 0 spiro atoms. The predicted octanol–water partition coefficient (Wildman–Crippen LogP) is 1.09. The van der Waals surface area contributed by atoms with E-state index in [9.17, 15) is 4.79 Å². The quantitative estimate of drug-likeness (QED) is 0.622. The van der Waals surface area contributed by atoms with Crippen molar-refractivity contribution in [3.63, 3.8) is 0 Å². The van der Waals surface area contributed by atoms with Crippen LogP contribution in [0.15, 0.2) is 6.07 Å². The average molecular weight is 279 g/mol. The average Bonchev–Trinajstić information content (AvgIpc) is 2.24. The van der Waals surface area contributed by atoms with Gasteiger partial charge in [-0.25, -0.2) is 9.97 Å². The Morgan fingerprint density at radius 3 is 2.82 bits per heavy atom. The molecule has 94 valence electrons. The van der Waals surface area contributed by atoms with E-state index in [1.54, 1.807) is 0 Å². The smallest absolute Gasteiger partial charge is 0.228 e. The van der Waals surface area contributed by atoms with Crippen molar-refractivity contribution in [1.29, 1.82) is 0 Å². The van der Waals surface area contributed by atoms with E-state index in [0.717, 1.165) is 0 Å². The number of nitrogens with one attached hydrogen (secondary N) is 1. The third-order valence-corrected chi connectivity index (χ3v) is 2.31. The van der Waals surface area contributed by atoms with Gasteiger partial charge in [-0.05, 0) is 11.6 Å². The second-order valence-electron chi connectivity index (χ2n) is 3.19. The second kappa shape index (κ2) is 6.70. The summed E-state index contributed by atoms with van der Waals surface area (Å²) < 4.78 is 4.98. The number of methoxy groups -OCH3 is 1. The minimum absolute atomic E-state index is 0.0325. The molecule has 0 fully saturated rings. The maximum atomic E-state index is 11.6. The molecule has 1 unspecified atom stereocenters. The maximum absolute atomic E-state index is 11.6. The van der Waals surface area contributed by atoms with E-state index in [2.05, 4.69) is 15.3 Å². The number of carbonyl (C=O) groups excluding carboxylic acids is 1. The lowest BCUT2D eigenvalue weighted by Crippen LogP contribution is -2.28. The van der Waals surface area contributed by atoms with Gasteiger partial charge in [0.2, 0.25) is 11.2 Å². The summed E-state index contributed by atoms with van der Waals surface area (Å²) in [4.78, 5) is 19.0. The lowest BCUT2D eigenvalue weighted by atomic mass is 10.2. The second-order valence-corrected chi connectivity index (χ2v) is 3.92. The zero-order chi connectivity index (χ0) is 12.8. The van der Waals surface area contributed by atoms with Crippen LogP contribution in [0.1, 0.15) is 6.42 Å². The summed E-state index contributed by atoms with van der Waals surface area (Å²) in [6, 6.07) is 1.40. The van der Waals surface area contributed by atoms with Crippen LogP contribution in [0.5, 0.6) is 0 Å². The standard InChI is InChI=1S/C9H12Cl2N4O2/c1-17-5(4-12)2-8(16)14-7-3-6(10)13-9(11)15-7/h3,5H,2,4,12H2,1H3,(H,13,14,15,16). The summed E-state index contributed by atoms with van der Waals surface area (Å²) >= 11 is 11.3. The van der Waals surface area contributed by atoms with Gasteiger partial charge >= 0.3 is 0 Å². The van der Waals surface area contributed by atoms with Crippen molar-refractivity contribution in [2.45, 2.75) is 12.5 Å². The summed E-state index contributed by atoms with van der Waals surface area (Å²) in [6.45, 7) is 0.259. The zero-order valence-corrected chi connectivity index (χ0v) is 10.6. The van der Waals surface area contributed by atoms with Crippen LogP contribution in [0.2, 0.25) is 10.4 Å². The van der Waals surface area contributed by atoms with E-state index < -0.39 is 0 Å². The first-order chi connectivity index (χ1) is 8.05. The summed E-state index contributed by atoms with van der Waals surface area (Å²) in [5.74, 6) is -0.0417. The monoisotopic (exact) mass is 278 g/mol. The predicted molar refractivity (Wildman–Crippen MR) is 65.2 cm³/mol. The minimum Gasteiger partial charge on any atom is -0.380 e. The van der Waals surface area contributed by atoms with E-state index in [1.807, 2.05) is 0 Å². The molecule has 1 amide bonds. The fourth-order valence-electron chi connectivity index (χ4n) is 1.12. The van der Waals surface area contributed by atoms with Crippen LogP contribution < -0.4 is 11.1 Å². The molecule has 0 saturated heterocycles. The van der Waals surface area contributed by atoms with Crippen molar-refractivity contribution >= 4 is 34.9 Å². The zero-order valence-electron chi connectivity index (χ0n) is 9.11. The molecular weight excluding hydrogens is 267 g/mol. The van der Waals surface area contributed by atoms with Crippen molar-refractivity contribution < 1.29 is 9.53 Å². The summed E-state index contributed by atoms with van der Waals surface area (Å²) in [5.41, 5.74) is 5.40. The van der Waals surface area contributed by atoms with E-state index >= 15 is 0 Å². The van der Waals surface area contributed by atoms with Gasteiger partial charge in [0.15, 0.2) is 0 Å². The van der Waals surface area contributed by atoms with Crippen molar-refractivity contribution in [1.82, 2.24) is 9.97 Å². The fraction of sp³-hybridized carbons (Fsp3) is 0.444. The topological polar surface area (TPSA) is 90.1 Å². The van der Waals surface area contributed by atoms with E-state index in [4.69, 9.17) is 33.7 Å². The van der Waals surface area contributed by atoms with Gasteiger partial charge in [-0.15, -0.1) is 0 Å². The number of hydrogen-bond acceptors (Lipinski definition) is 5. The number of amides is 1. The molecule has 0 radical (unpaired) electrons. The molecule has 0 aromatic carbocycles. The summed E-state index contributed by atoms with van der Waals surface area (Å²) in [6.07, 6.45) is -0.200. The first-order valence-electron chi connectivity index (χ1n) is 4.78. The van der Waals surface area contributed by atoms with Gasteiger partial charge in [0.1, 0.15) is 11.0 Å². The van der Waals surface area contributed by atoms with Crippen molar-refractivity contribution in [2.75, 3.05) is 19.0 Å². The maximum Gasteiger partial charge on any atom is 0.228 e. The van der Waals surface area contributed by atoms with Crippen LogP contribution in [-0.2, 0) is 9.53 Å². The third-order valence-electron chi connectivity index (χ3n) is 1.94. The van der Waals surface area contributed by atoms with Crippen molar-refractivity contribution in [3.05, 3.63) is 16.5 Å². The van der Waals surface area contributed by atoms with Crippen LogP contribution >= 0.6 is 23.2 Å². The first-order valence-corrected chi connectivity index (χ1v) is 5.53. The summed E-state index contributed by atoms with van der Waals surface area (Å²) in [7, 11) is 1.49. The molecule has 0 aliphatic rings. The number of anilines is 1. The SMILES string of the molecule is COC(CN)CC(=O)Nc1cc(Cl)nc(Cl)n1. The van der Waals surface area contributed by atoms with Crippen LogP contribution in [0, 0.1) is 0 Å². The molecule has 6 nitrogen and oxygen atoms in total. The van der Waals surface area contributed by atoms with Crippen molar-refractivity contribution in [3.8, 4) is 0 Å². The van der Waals surface area contributed by atoms with E-state index in [1.165, 1.54) is 13.2 Å². The van der Waals surface area contributed by atoms with E-state index in [0.29, 0.717) is 0 Å². The van der Waals surface area contributed by atoms with Gasteiger partial charge in [0.05, 0.1) is 12.5 Å². The van der Waals surface area contributed by atoms with Crippen molar-refractivity contribution in [2.24, 2.45) is 5.73 Å². The lowest BCUT2D eigenvalue weighted by molar-refractivity contribution is -0.118. The fourth-order valence-corrected chi connectivity index (χ4v) is 1.53. The number of rotatable bonds is 5. The number of nitrogens with zero attached hydrogens (tertiary/aromatic N) is 2. The first kappa shape index (κ1) is 14.1. The molecule has 3 N–H and O–H groups in total. The molecule has 17 heavy (non-hydrogen) atoms. The van der Waals surface area contributed by atoms with Crippen LogP contribution in [-0.4, -0.2) is 35.6 Å². The van der Waals surface area contributed by atoms with Gasteiger partial charge in [-0.1, -0.05) is 11.6 Å². The normalized spacial score (nSPS) is 12.2. The van der Waals surface area contributed by atoms with Crippen LogP contribution in [0.25, 0.3) is 0 Å². The minimum atomic E-state index is -0.331. The highest BCUT2D eigenvalue weighted by Crippen LogP contribution is 2.14. The Hall–Kier alpha value is -0.950. The molecule has 1 aromatic heterocycles. The van der Waals surface area contributed by atoms with Gasteiger partial charge in [-0.2, -0.15) is 0 Å². The summed E-state index contributed by atoms with van der Waals surface area (Å²) in [5, 5.41) is 2.65. The largest absolute Gasteiger partial charge is 0.380 e. The Morgan fingerprint density at radius 2 is 2.29 bits per heavy atom. The third kappa shape index (κ3) is 4.82. The molecule has 8 heteroatoms. The molecule has 0 saturated carbocycles. The molecule has 0 aliphatic heterocycles. The Bertz CT molecular complexity index is 378. The molecule has 0 aliphatic carbocycles. The lowest BCUT2D eigenvalue weighted by Gasteiger charge is -2.12. The molecule has 1 aromatic rings. The number of carbonyl (C=O) groups is 1. The molecule has 1 rings (SSSR count). The number of halogens is 2. The van der Waals surface area contributed by atoms with Gasteiger partial charge in [0.25, 0.3) is 0 Å². The molecule has 1 heterocycles.